The summed E-state index contributed by atoms with van der Waals surface area (Å²) in [5, 5.41) is 10.1. The highest BCUT2D eigenvalue weighted by molar-refractivity contribution is 4.88. The van der Waals surface area contributed by atoms with Gasteiger partial charge in [0.15, 0.2) is 0 Å². The van der Waals surface area contributed by atoms with Crippen molar-refractivity contribution in [3.05, 3.63) is 0 Å². The van der Waals surface area contributed by atoms with E-state index in [4.69, 9.17) is 0 Å². The van der Waals surface area contributed by atoms with Gasteiger partial charge in [-0.3, -0.25) is 4.90 Å². The van der Waals surface area contributed by atoms with E-state index in [0.29, 0.717) is 11.5 Å². The molecule has 2 nitrogen and oxygen atoms in total. The average molecular weight is 239 g/mol. The molecule has 1 aliphatic heterocycles. The third kappa shape index (κ3) is 3.23. The van der Waals surface area contributed by atoms with Crippen molar-refractivity contribution in [3.8, 4) is 0 Å². The second-order valence-electron chi connectivity index (χ2n) is 7.10. The molecule has 1 aliphatic carbocycles. The van der Waals surface area contributed by atoms with E-state index in [0.717, 1.165) is 12.3 Å². The van der Waals surface area contributed by atoms with Crippen LogP contribution in [0.15, 0.2) is 0 Å². The van der Waals surface area contributed by atoms with Gasteiger partial charge in [-0.15, -0.1) is 0 Å². The number of hydrogen-bond donors (Lipinski definition) is 1. The summed E-state index contributed by atoms with van der Waals surface area (Å²) in [4.78, 5) is 2.56. The highest BCUT2D eigenvalue weighted by atomic mass is 16.3. The summed E-state index contributed by atoms with van der Waals surface area (Å²) in [5.41, 5.74) is 0.456. The first kappa shape index (κ1) is 13.4. The zero-order valence-electron chi connectivity index (χ0n) is 11.8. The van der Waals surface area contributed by atoms with Crippen LogP contribution in [-0.4, -0.2) is 35.2 Å². The summed E-state index contributed by atoms with van der Waals surface area (Å²) < 4.78 is 0. The number of rotatable bonds is 1. The van der Waals surface area contributed by atoms with E-state index in [1.807, 2.05) is 0 Å². The lowest BCUT2D eigenvalue weighted by molar-refractivity contribution is -0.00625. The van der Waals surface area contributed by atoms with Crippen molar-refractivity contribution in [1.82, 2.24) is 4.90 Å². The van der Waals surface area contributed by atoms with Gasteiger partial charge in [0.2, 0.25) is 0 Å². The molecule has 2 atom stereocenters. The van der Waals surface area contributed by atoms with E-state index in [1.54, 1.807) is 0 Å². The van der Waals surface area contributed by atoms with Gasteiger partial charge in [-0.25, -0.2) is 0 Å². The average Bonchev–Trinajstić information content (AvgIpc) is 2.29. The van der Waals surface area contributed by atoms with Gasteiger partial charge in [-0.2, -0.15) is 0 Å². The van der Waals surface area contributed by atoms with Crippen LogP contribution in [0.5, 0.6) is 0 Å². The Morgan fingerprint density at radius 3 is 2.06 bits per heavy atom. The van der Waals surface area contributed by atoms with E-state index in [-0.39, 0.29) is 6.10 Å². The predicted molar refractivity (Wildman–Crippen MR) is 72.0 cm³/mol. The van der Waals surface area contributed by atoms with Crippen LogP contribution < -0.4 is 0 Å². The maximum Gasteiger partial charge on any atom is 0.0695 e. The molecule has 0 amide bonds. The molecule has 2 aliphatic rings. The lowest BCUT2D eigenvalue weighted by Crippen LogP contribution is -2.49. The number of hydrogen-bond acceptors (Lipinski definition) is 2. The first-order valence-corrected chi connectivity index (χ1v) is 7.40. The topological polar surface area (TPSA) is 23.5 Å². The van der Waals surface area contributed by atoms with Crippen molar-refractivity contribution in [2.75, 3.05) is 13.1 Å². The Hall–Kier alpha value is -0.0800. The maximum atomic E-state index is 10.1. The zero-order chi connectivity index (χ0) is 12.5. The smallest absolute Gasteiger partial charge is 0.0695 e. The largest absolute Gasteiger partial charge is 0.391 e. The molecule has 1 saturated heterocycles. The number of aliphatic hydroxyl groups is 1. The van der Waals surface area contributed by atoms with Gasteiger partial charge in [-0.1, -0.05) is 33.6 Å². The third-order valence-electron chi connectivity index (χ3n) is 4.92. The van der Waals surface area contributed by atoms with Crippen LogP contribution >= 0.6 is 0 Å². The Bertz CT molecular complexity index is 238. The summed E-state index contributed by atoms with van der Waals surface area (Å²) in [6.07, 6.45) is 7.32. The molecule has 100 valence electrons. The minimum Gasteiger partial charge on any atom is -0.391 e. The molecule has 2 rings (SSSR count). The Balaban J connectivity index is 1.86. The summed E-state index contributed by atoms with van der Waals surface area (Å²) in [5.74, 6) is 0.861. The van der Waals surface area contributed by atoms with Gasteiger partial charge in [0.1, 0.15) is 0 Å². The van der Waals surface area contributed by atoms with Crippen molar-refractivity contribution in [2.24, 2.45) is 11.3 Å². The van der Waals surface area contributed by atoms with Gasteiger partial charge in [0.25, 0.3) is 0 Å². The molecule has 17 heavy (non-hydrogen) atoms. The second kappa shape index (κ2) is 5.27. The van der Waals surface area contributed by atoms with Gasteiger partial charge >= 0.3 is 0 Å². The number of aliphatic hydroxyl groups excluding tert-OH is 1. The first-order chi connectivity index (χ1) is 7.98. The quantitative estimate of drug-likeness (QED) is 0.760. The fourth-order valence-electron chi connectivity index (χ4n) is 3.61. The van der Waals surface area contributed by atoms with Crippen molar-refractivity contribution < 1.29 is 5.11 Å². The SMILES string of the molecule is CC(C)(C)C1CCN([C@H]2CCCC[C@@H]2O)CC1. The summed E-state index contributed by atoms with van der Waals surface area (Å²) in [6.45, 7) is 9.49. The Kier molecular flexibility index (Phi) is 4.14. The van der Waals surface area contributed by atoms with E-state index >= 15 is 0 Å². The van der Waals surface area contributed by atoms with Crippen LogP contribution in [0, 0.1) is 11.3 Å². The molecule has 1 saturated carbocycles. The molecule has 0 radical (unpaired) electrons. The molecule has 0 bridgehead atoms. The molecule has 0 aromatic carbocycles. The van der Waals surface area contributed by atoms with Gasteiger partial charge in [-0.05, 0) is 50.1 Å². The minimum absolute atomic E-state index is 0.0602. The van der Waals surface area contributed by atoms with E-state index in [2.05, 4.69) is 25.7 Å². The van der Waals surface area contributed by atoms with Gasteiger partial charge < -0.3 is 5.11 Å². The molecule has 1 N–H and O–H groups in total. The molecule has 2 fully saturated rings. The van der Waals surface area contributed by atoms with Crippen molar-refractivity contribution >= 4 is 0 Å². The van der Waals surface area contributed by atoms with E-state index in [1.165, 1.54) is 45.2 Å². The standard InChI is InChI=1S/C15H29NO/c1-15(2,3)12-8-10-16(11-9-12)13-6-4-5-7-14(13)17/h12-14,17H,4-11H2,1-3H3/t13-,14-/m0/s1. The van der Waals surface area contributed by atoms with Crippen LogP contribution in [0.2, 0.25) is 0 Å². The second-order valence-corrected chi connectivity index (χ2v) is 7.10. The van der Waals surface area contributed by atoms with Gasteiger partial charge in [0.05, 0.1) is 6.10 Å². The highest BCUT2D eigenvalue weighted by Gasteiger charge is 2.34. The molecule has 0 aromatic rings. The summed E-state index contributed by atoms with van der Waals surface area (Å²) in [7, 11) is 0. The van der Waals surface area contributed by atoms with Crippen LogP contribution in [-0.2, 0) is 0 Å². The molecular formula is C15H29NO. The summed E-state index contributed by atoms with van der Waals surface area (Å²) in [6, 6.07) is 0.463. The summed E-state index contributed by atoms with van der Waals surface area (Å²) >= 11 is 0. The molecular weight excluding hydrogens is 210 g/mol. The fourth-order valence-corrected chi connectivity index (χ4v) is 3.61. The lowest BCUT2D eigenvalue weighted by Gasteiger charge is -2.44. The molecule has 0 unspecified atom stereocenters. The van der Waals surface area contributed by atoms with Crippen LogP contribution in [0.4, 0.5) is 0 Å². The zero-order valence-corrected chi connectivity index (χ0v) is 11.8. The monoisotopic (exact) mass is 239 g/mol. The fraction of sp³-hybridized carbons (Fsp3) is 1.00. The van der Waals surface area contributed by atoms with E-state index < -0.39 is 0 Å². The van der Waals surface area contributed by atoms with Crippen LogP contribution in [0.3, 0.4) is 0 Å². The predicted octanol–water partition coefficient (Wildman–Crippen LogP) is 3.05. The van der Waals surface area contributed by atoms with Crippen LogP contribution in [0.25, 0.3) is 0 Å². The lowest BCUT2D eigenvalue weighted by atomic mass is 9.75. The number of likely N-dealkylation sites (tertiary alicyclic amines) is 1. The molecule has 1 heterocycles. The Morgan fingerprint density at radius 1 is 0.941 bits per heavy atom. The van der Waals surface area contributed by atoms with Crippen molar-refractivity contribution in [3.63, 3.8) is 0 Å². The maximum absolute atomic E-state index is 10.1. The van der Waals surface area contributed by atoms with Crippen molar-refractivity contribution in [2.45, 2.75) is 71.4 Å². The first-order valence-electron chi connectivity index (χ1n) is 7.40. The molecule has 0 spiro atoms. The minimum atomic E-state index is -0.0602. The van der Waals surface area contributed by atoms with Gasteiger partial charge in [0, 0.05) is 6.04 Å². The number of nitrogens with zero attached hydrogens (tertiary/aromatic N) is 1. The molecule has 0 aromatic heterocycles. The Morgan fingerprint density at radius 2 is 1.53 bits per heavy atom. The van der Waals surface area contributed by atoms with Crippen molar-refractivity contribution in [1.29, 1.82) is 0 Å². The van der Waals surface area contributed by atoms with E-state index in [9.17, 15) is 5.11 Å². The Labute approximate surface area is 106 Å². The highest BCUT2D eigenvalue weighted by Crippen LogP contribution is 2.36. The number of piperidine rings is 1. The molecule has 2 heteroatoms. The van der Waals surface area contributed by atoms with Crippen LogP contribution in [0.1, 0.15) is 59.3 Å². The normalized spacial score (nSPS) is 33.9. The third-order valence-corrected chi connectivity index (χ3v) is 4.92.